The van der Waals surface area contributed by atoms with Gasteiger partial charge in [-0.15, -0.1) is 0 Å². The molecule has 0 saturated carbocycles. The number of carbonyl (C=O) groups is 2. The van der Waals surface area contributed by atoms with E-state index in [1.54, 1.807) is 0 Å². The summed E-state index contributed by atoms with van der Waals surface area (Å²) in [5.41, 5.74) is 13.3. The summed E-state index contributed by atoms with van der Waals surface area (Å²) in [6.45, 7) is 26.2. The third kappa shape index (κ3) is 12.5. The molecule has 0 spiro atoms. The molecule has 8 bridgehead atoms. The Balaban J connectivity index is 0.00000476. The molecule has 344 valence electrons. The fourth-order valence-electron chi connectivity index (χ4n) is 10.2. The first-order chi connectivity index (χ1) is 30.6. The van der Waals surface area contributed by atoms with Crippen molar-refractivity contribution in [3.63, 3.8) is 0 Å². The van der Waals surface area contributed by atoms with E-state index in [9.17, 15) is 14.7 Å². The van der Waals surface area contributed by atoms with Crippen LogP contribution in [0.15, 0.2) is 131 Å². The zero-order valence-corrected chi connectivity index (χ0v) is 45.8. The summed E-state index contributed by atoms with van der Waals surface area (Å²) >= 11 is 0. The molecule has 9 nitrogen and oxygen atoms in total. The van der Waals surface area contributed by atoms with Crippen LogP contribution in [0.4, 0.5) is 0 Å². The number of nitrogens with zero attached hydrogens (tertiary/aromatic N) is 3. The molecular weight excluding hydrogens is 844 g/mol. The van der Waals surface area contributed by atoms with E-state index in [-0.39, 0.29) is 89.2 Å². The minimum Gasteiger partial charge on any atom is -0.510 e. The minimum absolute atomic E-state index is 0. The number of aliphatic hydroxyl groups is 1. The smallest absolute Gasteiger partial charge is 0.510 e. The van der Waals surface area contributed by atoms with Crippen molar-refractivity contribution in [3.05, 3.63) is 116 Å². The van der Waals surface area contributed by atoms with Crippen molar-refractivity contribution in [1.29, 1.82) is 0 Å². The van der Waals surface area contributed by atoms with Gasteiger partial charge in [0.15, 0.2) is 0 Å². The molecule has 0 radical (unpaired) electrons. The van der Waals surface area contributed by atoms with E-state index in [2.05, 4.69) is 73.4 Å². The topological polar surface area (TPSA) is 122 Å². The minimum atomic E-state index is -1.08. The second-order valence-corrected chi connectivity index (χ2v) is 19.5. The van der Waals surface area contributed by atoms with Crippen LogP contribution in [0.1, 0.15) is 146 Å². The third-order valence-corrected chi connectivity index (χ3v) is 14.3. The molecule has 1 saturated heterocycles. The van der Waals surface area contributed by atoms with E-state index >= 15 is 0 Å². The number of ether oxygens (including phenoxy) is 2. The molecule has 5 aliphatic heterocycles. The molecule has 1 fully saturated rings. The normalized spacial score (nSPS) is 22.1. The van der Waals surface area contributed by atoms with Crippen molar-refractivity contribution < 1.29 is 53.7 Å². The number of hydrogen-bond donors (Lipinski definition) is 2. The maximum absolute atomic E-state index is 13.6. The van der Waals surface area contributed by atoms with Crippen molar-refractivity contribution in [2.24, 2.45) is 50.5 Å². The van der Waals surface area contributed by atoms with Crippen molar-refractivity contribution in [1.82, 2.24) is 5.32 Å². The fourth-order valence-corrected chi connectivity index (χ4v) is 10.2. The largest absolute Gasteiger partial charge is 2.00 e. The average Bonchev–Trinajstić information content (AvgIpc) is 3.99. The summed E-state index contributed by atoms with van der Waals surface area (Å²) in [6.07, 6.45) is 22.7. The van der Waals surface area contributed by atoms with Crippen LogP contribution in [0.2, 0.25) is 0 Å². The van der Waals surface area contributed by atoms with Crippen LogP contribution in [0.3, 0.4) is 0 Å². The van der Waals surface area contributed by atoms with Gasteiger partial charge in [-0.2, -0.15) is 0 Å². The first kappa shape index (κ1) is 55.3. The number of nitrogens with one attached hydrogen (secondary N) is 1. The second kappa shape index (κ2) is 24.8. The summed E-state index contributed by atoms with van der Waals surface area (Å²) < 4.78 is 11.1. The van der Waals surface area contributed by atoms with Crippen LogP contribution >= 0.6 is 0 Å². The Morgan fingerprint density at radius 2 is 1.52 bits per heavy atom. The van der Waals surface area contributed by atoms with Gasteiger partial charge >= 0.3 is 64.5 Å². The van der Waals surface area contributed by atoms with Crippen LogP contribution in [0, 0.1) is 35.5 Å². The summed E-state index contributed by atoms with van der Waals surface area (Å²) in [4.78, 5) is 42.4. The number of aliphatic imine (C=N–C) groups is 3. The molecular formula is C55H74MgN4NaO5+3. The van der Waals surface area contributed by atoms with E-state index in [1.165, 1.54) is 57.6 Å². The second-order valence-electron chi connectivity index (χ2n) is 19.5. The Bertz CT molecular complexity index is 2310. The Hall–Kier alpha value is -3.28. The van der Waals surface area contributed by atoms with Crippen molar-refractivity contribution in [2.75, 3.05) is 13.7 Å². The zero-order chi connectivity index (χ0) is 46.4. The van der Waals surface area contributed by atoms with Crippen molar-refractivity contribution >= 4 is 52.1 Å². The van der Waals surface area contributed by atoms with Gasteiger partial charge in [0.1, 0.15) is 18.3 Å². The van der Waals surface area contributed by atoms with Gasteiger partial charge in [0, 0.05) is 46.4 Å². The van der Waals surface area contributed by atoms with Gasteiger partial charge in [0.2, 0.25) is 0 Å². The predicted molar refractivity (Wildman–Crippen MR) is 268 cm³/mol. The molecule has 2 N–H and O–H groups in total. The van der Waals surface area contributed by atoms with Gasteiger partial charge in [-0.25, -0.2) is 15.0 Å². The maximum Gasteiger partial charge on any atom is 2.00 e. The molecule has 11 heteroatoms. The number of esters is 2. The van der Waals surface area contributed by atoms with Gasteiger partial charge in [0.25, 0.3) is 0 Å². The Morgan fingerprint density at radius 1 is 0.879 bits per heavy atom. The van der Waals surface area contributed by atoms with Gasteiger partial charge < -0.3 is 19.9 Å². The van der Waals surface area contributed by atoms with Crippen LogP contribution in [0.5, 0.6) is 0 Å². The van der Waals surface area contributed by atoms with E-state index in [4.69, 9.17) is 24.5 Å². The molecule has 6 rings (SSSR count). The Morgan fingerprint density at radius 3 is 2.15 bits per heavy atom. The van der Waals surface area contributed by atoms with Crippen molar-refractivity contribution in [3.8, 4) is 0 Å². The van der Waals surface area contributed by atoms with Gasteiger partial charge in [-0.05, 0) is 118 Å². The molecule has 3 unspecified atom stereocenters. The molecule has 0 aromatic rings. The number of hydrogen-bond acceptors (Lipinski definition) is 9. The SMILES string of the molecule is C=CC1=C(C)C2=NC1=CC1=NC(=CC3=C(C)C4=C(O)C(C(=O)OC)C(=C5NC(=C2)[C@@H](C)[C@@H]5CCC(=O)OC/C=C(/C)CCCC(C)CCCC(C)CCCC(C)C)C4=N3)C(CC)=C1C.[Mg+2].[Na+]. The van der Waals surface area contributed by atoms with Crippen LogP contribution in [0.25, 0.3) is 0 Å². The summed E-state index contributed by atoms with van der Waals surface area (Å²) in [5, 5.41) is 15.6. The van der Waals surface area contributed by atoms with Gasteiger partial charge in [-0.3, -0.25) is 9.59 Å². The predicted octanol–water partition coefficient (Wildman–Crippen LogP) is 9.58. The first-order valence-electron chi connectivity index (χ1n) is 24.1. The summed E-state index contributed by atoms with van der Waals surface area (Å²) in [7, 11) is 1.33. The standard InChI is InChI=1S/C55H74N4O5.Mg.Na/c1-13-39-35(8)42-28-44-37(10)41(24-25-48(60)64-27-26-34(7)23-17-22-33(6)21-16-20-32(5)19-15-18-31(3)4)52(58-44)50-51(55(62)63-12)54(61)49-38(11)45(59-53(49)50)30-47-40(14-2)36(9)43(57-47)29-46(39)56-42;;/h13,26,28-33,37,41,51,58,61H,1,14-25,27H2,2-12H3;;/q;+2;+1/b34-26-,44-28?,46-29?,47-30?,52-50?;;/t32?,33?,37-,41-,51?;;/m0../s1. The molecule has 5 atom stereocenters. The number of aliphatic hydroxyl groups excluding tert-OH is 1. The van der Waals surface area contributed by atoms with E-state index in [0.29, 0.717) is 29.0 Å². The number of allylic oxidation sites excluding steroid dienone is 12. The first-order valence-corrected chi connectivity index (χ1v) is 24.1. The van der Waals surface area contributed by atoms with Crippen LogP contribution in [-0.4, -0.2) is 70.9 Å². The number of fused-ring (bicyclic) bond motifs is 5. The van der Waals surface area contributed by atoms with Crippen LogP contribution < -0.4 is 34.9 Å². The van der Waals surface area contributed by atoms with Crippen LogP contribution in [-0.2, 0) is 19.1 Å². The van der Waals surface area contributed by atoms with E-state index in [1.807, 2.05) is 38.2 Å². The summed E-state index contributed by atoms with van der Waals surface area (Å²) in [5.74, 6) is -0.0182. The third-order valence-electron chi connectivity index (χ3n) is 14.3. The summed E-state index contributed by atoms with van der Waals surface area (Å²) in [6, 6.07) is 0. The quantitative estimate of drug-likeness (QED) is 0.0713. The zero-order valence-electron chi connectivity index (χ0n) is 42.4. The molecule has 0 amide bonds. The molecule has 5 heterocycles. The average molecular weight is 919 g/mol. The Labute approximate surface area is 434 Å². The van der Waals surface area contributed by atoms with E-state index < -0.39 is 11.9 Å². The molecule has 66 heavy (non-hydrogen) atoms. The van der Waals surface area contributed by atoms with Crippen molar-refractivity contribution in [2.45, 2.75) is 146 Å². The molecule has 0 aromatic heterocycles. The van der Waals surface area contributed by atoms with Gasteiger partial charge in [-0.1, -0.05) is 105 Å². The monoisotopic (exact) mass is 918 g/mol. The molecule has 0 aromatic carbocycles. The molecule has 6 aliphatic rings. The number of methoxy groups -OCH3 is 1. The van der Waals surface area contributed by atoms with Gasteiger partial charge in [0.05, 0.1) is 41.3 Å². The fraction of sp³-hybridized carbons (Fsp3) is 0.545. The number of carbonyl (C=O) groups excluding carboxylic acids is 2. The number of rotatable bonds is 20. The van der Waals surface area contributed by atoms with E-state index in [0.717, 1.165) is 99.1 Å². The maximum atomic E-state index is 13.6. The molecule has 1 aliphatic carbocycles. The Kier molecular flexibility index (Phi) is 20.8.